The minimum atomic E-state index is 1.20. The Balaban J connectivity index is 2.24. The Morgan fingerprint density at radius 2 is 1.06 bits per heavy atom. The number of hydrogen-bond donors (Lipinski definition) is 0. The maximum Gasteiger partial charge on any atom is 0.0844 e. The fourth-order valence-electron chi connectivity index (χ4n) is 1.98. The lowest BCUT2D eigenvalue weighted by Crippen LogP contribution is -2.03. The maximum atomic E-state index is 2.35. The van der Waals surface area contributed by atoms with Crippen molar-refractivity contribution in [2.45, 2.75) is 0 Å². The van der Waals surface area contributed by atoms with E-state index in [1.165, 1.54) is 18.8 Å². The Labute approximate surface area is 133 Å². The van der Waals surface area contributed by atoms with Gasteiger partial charge < -0.3 is 9.13 Å². The topological polar surface area (TPSA) is 9.86 Å². The number of halogens is 2. The third-order valence-electron chi connectivity index (χ3n) is 2.80. The third kappa shape index (κ3) is 2.11. The second-order valence-corrected chi connectivity index (χ2v) is 6.10. The Morgan fingerprint density at radius 3 is 1.39 bits per heavy atom. The van der Waals surface area contributed by atoms with E-state index in [0.29, 0.717) is 0 Å². The molecule has 0 aliphatic carbocycles. The van der Waals surface area contributed by atoms with Crippen LogP contribution in [0.25, 0.3) is 11.4 Å². The van der Waals surface area contributed by atoms with Gasteiger partial charge in [-0.3, -0.25) is 0 Å². The smallest absolute Gasteiger partial charge is 0.0844 e. The Morgan fingerprint density at radius 1 is 0.611 bits per heavy atom. The molecular formula is C14H10I2N2. The van der Waals surface area contributed by atoms with E-state index < -0.39 is 0 Å². The normalized spacial score (nSPS) is 10.8. The average molecular weight is 460 g/mol. The second kappa shape index (κ2) is 5.08. The van der Waals surface area contributed by atoms with Crippen molar-refractivity contribution in [1.29, 1.82) is 0 Å². The van der Waals surface area contributed by atoms with Crippen LogP contribution in [0.3, 0.4) is 0 Å². The molecule has 0 radical (unpaired) electrons. The molecule has 3 aromatic rings. The lowest BCUT2D eigenvalue weighted by Gasteiger charge is -2.13. The molecular weight excluding hydrogens is 450 g/mol. The summed E-state index contributed by atoms with van der Waals surface area (Å²) in [6, 6.07) is 16.8. The minimum absolute atomic E-state index is 1.20. The van der Waals surface area contributed by atoms with E-state index in [-0.39, 0.29) is 0 Å². The van der Waals surface area contributed by atoms with Crippen molar-refractivity contribution in [2.75, 3.05) is 0 Å². The van der Waals surface area contributed by atoms with E-state index in [0.717, 1.165) is 0 Å². The van der Waals surface area contributed by atoms with Crippen LogP contribution in [-0.2, 0) is 0 Å². The molecule has 0 unspecified atom stereocenters. The highest BCUT2D eigenvalue weighted by Gasteiger charge is 2.09. The van der Waals surface area contributed by atoms with Gasteiger partial charge in [0.2, 0.25) is 0 Å². The van der Waals surface area contributed by atoms with Crippen LogP contribution in [0, 0.1) is 7.40 Å². The maximum absolute atomic E-state index is 2.35. The highest BCUT2D eigenvalue weighted by Crippen LogP contribution is 2.24. The van der Waals surface area contributed by atoms with Gasteiger partial charge in [0, 0.05) is 12.4 Å². The van der Waals surface area contributed by atoms with Crippen molar-refractivity contribution in [2.24, 2.45) is 0 Å². The lowest BCUT2D eigenvalue weighted by molar-refractivity contribution is 0.972. The fourth-order valence-corrected chi connectivity index (χ4v) is 3.24. The van der Waals surface area contributed by atoms with Crippen LogP contribution in [-0.4, -0.2) is 9.13 Å². The van der Waals surface area contributed by atoms with E-state index in [4.69, 9.17) is 0 Å². The van der Waals surface area contributed by atoms with E-state index in [9.17, 15) is 0 Å². The predicted octanol–water partition coefficient (Wildman–Crippen LogP) is 4.48. The van der Waals surface area contributed by atoms with Gasteiger partial charge in [-0.1, -0.05) is 12.1 Å². The molecule has 4 heteroatoms. The van der Waals surface area contributed by atoms with Crippen LogP contribution in [0.4, 0.5) is 0 Å². The van der Waals surface area contributed by atoms with Gasteiger partial charge in [0.05, 0.1) is 18.8 Å². The van der Waals surface area contributed by atoms with E-state index in [1.807, 2.05) is 0 Å². The summed E-state index contributed by atoms with van der Waals surface area (Å²) in [6.45, 7) is 0. The molecule has 0 N–H and O–H groups in total. The summed E-state index contributed by atoms with van der Waals surface area (Å²) in [4.78, 5) is 0. The summed E-state index contributed by atoms with van der Waals surface area (Å²) in [5.74, 6) is 0. The van der Waals surface area contributed by atoms with Gasteiger partial charge in [0.1, 0.15) is 0 Å². The highest BCUT2D eigenvalue weighted by atomic mass is 127. The Kier molecular flexibility index (Phi) is 3.47. The zero-order chi connectivity index (χ0) is 12.5. The van der Waals surface area contributed by atoms with Crippen LogP contribution in [0.15, 0.2) is 60.9 Å². The first kappa shape index (κ1) is 12.3. The molecule has 0 saturated heterocycles. The van der Waals surface area contributed by atoms with Gasteiger partial charge in [0.25, 0.3) is 0 Å². The molecule has 1 aromatic carbocycles. The Hall–Kier alpha value is -0.760. The number of nitrogens with zero attached hydrogens (tertiary/aromatic N) is 2. The van der Waals surface area contributed by atoms with E-state index in [1.54, 1.807) is 0 Å². The number of rotatable bonds is 2. The van der Waals surface area contributed by atoms with Crippen molar-refractivity contribution in [1.82, 2.24) is 9.13 Å². The van der Waals surface area contributed by atoms with Gasteiger partial charge >= 0.3 is 0 Å². The summed E-state index contributed by atoms with van der Waals surface area (Å²) in [5, 5.41) is 0. The zero-order valence-corrected chi connectivity index (χ0v) is 13.7. The number of para-hydroxylation sites is 2. The van der Waals surface area contributed by atoms with Gasteiger partial charge in [-0.25, -0.2) is 0 Å². The quantitative estimate of drug-likeness (QED) is 0.500. The molecule has 2 aromatic heterocycles. The first-order valence-corrected chi connectivity index (χ1v) is 7.68. The zero-order valence-electron chi connectivity index (χ0n) is 9.42. The average Bonchev–Trinajstić information content (AvgIpc) is 2.98. The molecule has 2 nitrogen and oxygen atoms in total. The van der Waals surface area contributed by atoms with Crippen LogP contribution < -0.4 is 0 Å². The van der Waals surface area contributed by atoms with Crippen LogP contribution in [0.5, 0.6) is 0 Å². The van der Waals surface area contributed by atoms with Gasteiger partial charge in [0.15, 0.2) is 0 Å². The SMILES string of the molecule is Ic1cccn1-c1ccccc1-n1cccc1I. The van der Waals surface area contributed by atoms with Crippen molar-refractivity contribution in [3.63, 3.8) is 0 Å². The van der Waals surface area contributed by atoms with Crippen LogP contribution >= 0.6 is 45.2 Å². The number of benzene rings is 1. The van der Waals surface area contributed by atoms with Crippen LogP contribution in [0.1, 0.15) is 0 Å². The fraction of sp³-hybridized carbons (Fsp3) is 0. The second-order valence-electron chi connectivity index (χ2n) is 3.89. The van der Waals surface area contributed by atoms with Crippen molar-refractivity contribution >= 4 is 45.2 Å². The van der Waals surface area contributed by atoms with E-state index >= 15 is 0 Å². The van der Waals surface area contributed by atoms with Gasteiger partial charge in [-0.2, -0.15) is 0 Å². The van der Waals surface area contributed by atoms with Gasteiger partial charge in [-0.05, 0) is 81.6 Å². The molecule has 0 spiro atoms. The minimum Gasteiger partial charge on any atom is -0.310 e. The summed E-state index contributed by atoms with van der Waals surface area (Å²) < 4.78 is 6.82. The third-order valence-corrected chi connectivity index (χ3v) is 4.56. The Bertz CT molecular complexity index is 623. The summed E-state index contributed by atoms with van der Waals surface area (Å²) >= 11 is 4.71. The standard InChI is InChI=1S/C14H10I2N2/c15-13-7-3-9-17(13)11-5-1-2-6-12(11)18-10-4-8-14(18)16/h1-10H. The molecule has 0 atom stereocenters. The first-order chi connectivity index (χ1) is 8.77. The molecule has 0 fully saturated rings. The van der Waals surface area contributed by atoms with E-state index in [2.05, 4.69) is 115 Å². The molecule has 0 aliphatic rings. The summed E-state index contributed by atoms with van der Waals surface area (Å²) in [6.07, 6.45) is 4.19. The van der Waals surface area contributed by atoms with Crippen LogP contribution in [0.2, 0.25) is 0 Å². The molecule has 0 aliphatic heterocycles. The molecule has 2 heterocycles. The molecule has 90 valence electrons. The molecule has 0 amide bonds. The van der Waals surface area contributed by atoms with Crippen molar-refractivity contribution in [3.8, 4) is 11.4 Å². The summed E-state index contributed by atoms with van der Waals surface area (Å²) in [7, 11) is 0. The monoisotopic (exact) mass is 460 g/mol. The highest BCUT2D eigenvalue weighted by molar-refractivity contribution is 14.1. The first-order valence-electron chi connectivity index (χ1n) is 5.53. The van der Waals surface area contributed by atoms with Gasteiger partial charge in [-0.15, -0.1) is 0 Å². The predicted molar refractivity (Wildman–Crippen MR) is 90.5 cm³/mol. The van der Waals surface area contributed by atoms with Crippen molar-refractivity contribution < 1.29 is 0 Å². The van der Waals surface area contributed by atoms with Crippen molar-refractivity contribution in [3.05, 3.63) is 68.3 Å². The lowest BCUT2D eigenvalue weighted by atomic mass is 10.2. The largest absolute Gasteiger partial charge is 0.310 e. The molecule has 3 rings (SSSR count). The number of hydrogen-bond acceptors (Lipinski definition) is 0. The summed E-state index contributed by atoms with van der Waals surface area (Å²) in [5.41, 5.74) is 2.39. The molecule has 0 saturated carbocycles. The molecule has 18 heavy (non-hydrogen) atoms. The number of aromatic nitrogens is 2. The molecule has 0 bridgehead atoms.